The first kappa shape index (κ1) is 18.3. The number of furan rings is 1. The predicted molar refractivity (Wildman–Crippen MR) is 95.3 cm³/mol. The molecule has 120 valence electrons. The Hall–Kier alpha value is -0.760. The van der Waals surface area contributed by atoms with Gasteiger partial charge in [-0.2, -0.15) is 0 Å². The number of rotatable bonds is 4. The summed E-state index contributed by atoms with van der Waals surface area (Å²) in [6, 6.07) is 2.41. The van der Waals surface area contributed by atoms with Crippen LogP contribution in [0, 0.1) is 13.8 Å². The van der Waals surface area contributed by atoms with E-state index in [1.807, 2.05) is 19.9 Å². The molecule has 3 N–H and O–H groups in total. The first-order valence-corrected chi connectivity index (χ1v) is 7.19. The summed E-state index contributed by atoms with van der Waals surface area (Å²) in [6.07, 6.45) is 3.66. The second-order valence-corrected chi connectivity index (χ2v) is 5.80. The number of aliphatic hydroxyl groups is 1. The number of halogens is 1. The lowest BCUT2D eigenvalue weighted by molar-refractivity contribution is 0.0600. The van der Waals surface area contributed by atoms with Crippen LogP contribution in [0.4, 0.5) is 0 Å². The van der Waals surface area contributed by atoms with E-state index in [4.69, 9.17) is 4.42 Å². The van der Waals surface area contributed by atoms with Gasteiger partial charge in [0.05, 0.1) is 6.54 Å². The van der Waals surface area contributed by atoms with Gasteiger partial charge in [-0.1, -0.05) is 0 Å². The van der Waals surface area contributed by atoms with Crippen LogP contribution in [0.15, 0.2) is 15.5 Å². The Kier molecular flexibility index (Phi) is 6.52. The summed E-state index contributed by atoms with van der Waals surface area (Å²) >= 11 is 0. The third kappa shape index (κ3) is 4.60. The molecular formula is C15H26IN3O2. The van der Waals surface area contributed by atoms with E-state index < -0.39 is 5.60 Å². The van der Waals surface area contributed by atoms with E-state index in [-0.39, 0.29) is 24.0 Å². The number of aliphatic imine (C=N–C) groups is 1. The monoisotopic (exact) mass is 407 g/mol. The van der Waals surface area contributed by atoms with E-state index in [2.05, 4.69) is 15.6 Å². The lowest BCUT2D eigenvalue weighted by Crippen LogP contribution is -2.49. The maximum atomic E-state index is 10.6. The Bertz CT molecular complexity index is 493. The molecule has 0 radical (unpaired) electrons. The van der Waals surface area contributed by atoms with Gasteiger partial charge in [-0.05, 0) is 46.1 Å². The van der Waals surface area contributed by atoms with Crippen LogP contribution < -0.4 is 10.6 Å². The molecule has 1 unspecified atom stereocenters. The lowest BCUT2D eigenvalue weighted by Gasteiger charge is -2.30. The van der Waals surface area contributed by atoms with E-state index in [0.29, 0.717) is 12.6 Å². The highest BCUT2D eigenvalue weighted by molar-refractivity contribution is 14.0. The van der Waals surface area contributed by atoms with Gasteiger partial charge in [0.1, 0.15) is 17.1 Å². The molecule has 1 atom stereocenters. The summed E-state index contributed by atoms with van der Waals surface area (Å²) in [7, 11) is 1.75. The number of nitrogens with zero attached hydrogens (tertiary/aromatic N) is 1. The van der Waals surface area contributed by atoms with E-state index in [0.717, 1.165) is 23.0 Å². The van der Waals surface area contributed by atoms with Crippen molar-refractivity contribution in [3.8, 4) is 0 Å². The summed E-state index contributed by atoms with van der Waals surface area (Å²) < 4.78 is 5.49. The maximum absolute atomic E-state index is 10.6. The van der Waals surface area contributed by atoms with Gasteiger partial charge in [-0.25, -0.2) is 0 Å². The van der Waals surface area contributed by atoms with Gasteiger partial charge in [0, 0.05) is 18.7 Å². The molecule has 21 heavy (non-hydrogen) atoms. The molecule has 1 aliphatic rings. The first-order valence-electron chi connectivity index (χ1n) is 7.19. The van der Waals surface area contributed by atoms with Crippen molar-refractivity contribution in [3.05, 3.63) is 23.2 Å². The fourth-order valence-corrected chi connectivity index (χ4v) is 2.46. The standard InChI is InChI=1S/C15H25N3O2.HI/c1-10-8-13(11(2)20-10)15(3,19)9-17-14(16-4)18-12-6-5-7-12;/h8,12,19H,5-7,9H2,1-4H3,(H2,16,17,18);1H. The zero-order chi connectivity index (χ0) is 14.8. The Morgan fingerprint density at radius 2 is 2.14 bits per heavy atom. The molecule has 2 rings (SSSR count). The van der Waals surface area contributed by atoms with Crippen LogP contribution in [0.2, 0.25) is 0 Å². The Labute approximate surface area is 143 Å². The van der Waals surface area contributed by atoms with Gasteiger partial charge < -0.3 is 20.2 Å². The fraction of sp³-hybridized carbons (Fsp3) is 0.667. The van der Waals surface area contributed by atoms with Crippen LogP contribution in [-0.4, -0.2) is 30.7 Å². The quantitative estimate of drug-likeness (QED) is 0.408. The minimum absolute atomic E-state index is 0. The van der Waals surface area contributed by atoms with Crippen LogP contribution >= 0.6 is 24.0 Å². The van der Waals surface area contributed by atoms with Crippen molar-refractivity contribution in [1.29, 1.82) is 0 Å². The summed E-state index contributed by atoms with van der Waals surface area (Å²) in [4.78, 5) is 4.19. The predicted octanol–water partition coefficient (Wildman–Crippen LogP) is 2.44. The van der Waals surface area contributed by atoms with E-state index in [9.17, 15) is 5.11 Å². The minimum atomic E-state index is -0.987. The summed E-state index contributed by atoms with van der Waals surface area (Å²) in [5, 5.41) is 17.2. The lowest BCUT2D eigenvalue weighted by atomic mass is 9.93. The second kappa shape index (κ2) is 7.49. The van der Waals surface area contributed by atoms with Crippen LogP contribution in [0.25, 0.3) is 0 Å². The normalized spacial score (nSPS) is 18.4. The zero-order valence-electron chi connectivity index (χ0n) is 13.2. The minimum Gasteiger partial charge on any atom is -0.466 e. The van der Waals surface area contributed by atoms with Crippen molar-refractivity contribution in [2.24, 2.45) is 4.99 Å². The Morgan fingerprint density at radius 1 is 1.48 bits per heavy atom. The molecule has 0 spiro atoms. The molecule has 1 saturated carbocycles. The molecule has 1 aliphatic carbocycles. The van der Waals surface area contributed by atoms with Gasteiger partial charge in [0.2, 0.25) is 0 Å². The van der Waals surface area contributed by atoms with Crippen molar-refractivity contribution in [2.75, 3.05) is 13.6 Å². The maximum Gasteiger partial charge on any atom is 0.191 e. The van der Waals surface area contributed by atoms with Crippen molar-refractivity contribution in [2.45, 2.75) is 51.7 Å². The van der Waals surface area contributed by atoms with Crippen LogP contribution in [-0.2, 0) is 5.60 Å². The molecule has 0 aliphatic heterocycles. The first-order chi connectivity index (χ1) is 9.42. The van der Waals surface area contributed by atoms with Gasteiger partial charge >= 0.3 is 0 Å². The molecule has 0 bridgehead atoms. The van der Waals surface area contributed by atoms with E-state index in [1.54, 1.807) is 14.0 Å². The Morgan fingerprint density at radius 3 is 2.57 bits per heavy atom. The SMILES string of the molecule is CN=C(NCC(C)(O)c1cc(C)oc1C)NC1CCC1.I. The topological polar surface area (TPSA) is 69.8 Å². The zero-order valence-corrected chi connectivity index (χ0v) is 15.5. The molecule has 6 heteroatoms. The van der Waals surface area contributed by atoms with Crippen LogP contribution in [0.1, 0.15) is 43.3 Å². The number of hydrogen-bond acceptors (Lipinski definition) is 3. The summed E-state index contributed by atoms with van der Waals surface area (Å²) in [5.41, 5.74) is -0.166. The van der Waals surface area contributed by atoms with Crippen molar-refractivity contribution in [1.82, 2.24) is 10.6 Å². The number of nitrogens with one attached hydrogen (secondary N) is 2. The van der Waals surface area contributed by atoms with Gasteiger partial charge in [-0.15, -0.1) is 24.0 Å². The molecule has 1 aromatic rings. The molecular weight excluding hydrogens is 381 g/mol. The van der Waals surface area contributed by atoms with E-state index >= 15 is 0 Å². The third-order valence-corrected chi connectivity index (χ3v) is 3.89. The van der Waals surface area contributed by atoms with Gasteiger partial charge in [0.25, 0.3) is 0 Å². The van der Waals surface area contributed by atoms with Crippen molar-refractivity contribution >= 4 is 29.9 Å². The van der Waals surface area contributed by atoms with Gasteiger partial charge in [-0.3, -0.25) is 4.99 Å². The smallest absolute Gasteiger partial charge is 0.191 e. The van der Waals surface area contributed by atoms with Crippen LogP contribution in [0.3, 0.4) is 0 Å². The molecule has 1 aromatic heterocycles. The molecule has 0 saturated heterocycles. The molecule has 0 amide bonds. The Balaban J connectivity index is 0.00000220. The third-order valence-electron chi connectivity index (χ3n) is 3.89. The highest BCUT2D eigenvalue weighted by Crippen LogP contribution is 2.26. The van der Waals surface area contributed by atoms with Crippen molar-refractivity contribution in [3.63, 3.8) is 0 Å². The number of aryl methyl sites for hydroxylation is 2. The highest BCUT2D eigenvalue weighted by atomic mass is 127. The van der Waals surface area contributed by atoms with Gasteiger partial charge in [0.15, 0.2) is 5.96 Å². The largest absolute Gasteiger partial charge is 0.466 e. The molecule has 5 nitrogen and oxygen atoms in total. The average Bonchev–Trinajstić information content (AvgIpc) is 2.67. The van der Waals surface area contributed by atoms with Crippen LogP contribution in [0.5, 0.6) is 0 Å². The highest BCUT2D eigenvalue weighted by Gasteiger charge is 2.28. The molecule has 0 aromatic carbocycles. The second-order valence-electron chi connectivity index (χ2n) is 5.80. The summed E-state index contributed by atoms with van der Waals surface area (Å²) in [5.74, 6) is 2.32. The number of guanidine groups is 1. The average molecular weight is 407 g/mol. The fourth-order valence-electron chi connectivity index (χ4n) is 2.46. The summed E-state index contributed by atoms with van der Waals surface area (Å²) in [6.45, 7) is 5.93. The van der Waals surface area contributed by atoms with Crippen molar-refractivity contribution < 1.29 is 9.52 Å². The number of hydrogen-bond donors (Lipinski definition) is 3. The molecule has 1 heterocycles. The van der Waals surface area contributed by atoms with E-state index in [1.165, 1.54) is 19.3 Å². The molecule has 1 fully saturated rings.